The van der Waals surface area contributed by atoms with Crippen LogP contribution in [0, 0.1) is 0 Å². The minimum absolute atomic E-state index is 0.181. The van der Waals surface area contributed by atoms with Gasteiger partial charge in [0.2, 0.25) is 0 Å². The zero-order valence-corrected chi connectivity index (χ0v) is 17.6. The molecule has 4 aromatic rings. The van der Waals surface area contributed by atoms with Gasteiger partial charge >= 0.3 is 0 Å². The van der Waals surface area contributed by atoms with Crippen LogP contribution in [0.5, 0.6) is 5.75 Å². The van der Waals surface area contributed by atoms with E-state index in [0.717, 1.165) is 38.5 Å². The van der Waals surface area contributed by atoms with Gasteiger partial charge in [0.25, 0.3) is 5.91 Å². The first-order valence-electron chi connectivity index (χ1n) is 10.3. The standard InChI is InChI=1S/C26H25N3O2/c1-3-25(28-20-12-14-21(31-2)15-13-20)26(30)29-27-17-24-22-10-6-4-8-18(22)16-19-9-5-7-11-23(19)24/h4-17,25,28H,3H2,1-2H3,(H,29,30)/t25-/m0/s1. The van der Waals surface area contributed by atoms with Gasteiger partial charge in [0, 0.05) is 11.3 Å². The molecule has 31 heavy (non-hydrogen) atoms. The molecule has 156 valence electrons. The summed E-state index contributed by atoms with van der Waals surface area (Å²) in [5, 5.41) is 12.0. The number of carbonyl (C=O) groups is 1. The highest BCUT2D eigenvalue weighted by Gasteiger charge is 2.15. The lowest BCUT2D eigenvalue weighted by Gasteiger charge is -2.16. The Morgan fingerprint density at radius 1 is 0.968 bits per heavy atom. The zero-order valence-electron chi connectivity index (χ0n) is 17.6. The van der Waals surface area contributed by atoms with E-state index in [-0.39, 0.29) is 5.91 Å². The van der Waals surface area contributed by atoms with Gasteiger partial charge in [-0.05, 0) is 58.3 Å². The van der Waals surface area contributed by atoms with E-state index in [9.17, 15) is 4.79 Å². The van der Waals surface area contributed by atoms with Gasteiger partial charge in [0.05, 0.1) is 13.3 Å². The van der Waals surface area contributed by atoms with Gasteiger partial charge in [-0.3, -0.25) is 4.79 Å². The minimum Gasteiger partial charge on any atom is -0.497 e. The third kappa shape index (κ3) is 4.51. The van der Waals surface area contributed by atoms with Gasteiger partial charge in [0.1, 0.15) is 11.8 Å². The average molecular weight is 412 g/mol. The van der Waals surface area contributed by atoms with Crippen LogP contribution < -0.4 is 15.5 Å². The molecule has 5 nitrogen and oxygen atoms in total. The lowest BCUT2D eigenvalue weighted by molar-refractivity contribution is -0.121. The fraction of sp³-hybridized carbons (Fsp3) is 0.154. The summed E-state index contributed by atoms with van der Waals surface area (Å²) in [6.45, 7) is 1.96. The molecule has 0 radical (unpaired) electrons. The van der Waals surface area contributed by atoms with E-state index in [4.69, 9.17) is 4.74 Å². The maximum absolute atomic E-state index is 12.7. The van der Waals surface area contributed by atoms with Crippen LogP contribution >= 0.6 is 0 Å². The van der Waals surface area contributed by atoms with Crippen molar-refractivity contribution in [3.05, 3.63) is 84.4 Å². The van der Waals surface area contributed by atoms with Crippen molar-refractivity contribution in [1.82, 2.24) is 5.43 Å². The first-order valence-corrected chi connectivity index (χ1v) is 10.3. The monoisotopic (exact) mass is 411 g/mol. The van der Waals surface area contributed by atoms with Gasteiger partial charge < -0.3 is 10.1 Å². The Hall–Kier alpha value is -3.86. The second kappa shape index (κ2) is 9.30. The second-order valence-electron chi connectivity index (χ2n) is 7.30. The molecule has 1 amide bonds. The summed E-state index contributed by atoms with van der Waals surface area (Å²) < 4.78 is 5.18. The predicted octanol–water partition coefficient (Wildman–Crippen LogP) is 5.34. The van der Waals surface area contributed by atoms with Crippen LogP contribution in [0.15, 0.2) is 84.0 Å². The van der Waals surface area contributed by atoms with Crippen LogP contribution in [0.3, 0.4) is 0 Å². The third-order valence-corrected chi connectivity index (χ3v) is 5.34. The molecule has 0 aliphatic rings. The van der Waals surface area contributed by atoms with Gasteiger partial charge in [-0.15, -0.1) is 0 Å². The van der Waals surface area contributed by atoms with E-state index in [0.29, 0.717) is 6.42 Å². The fourth-order valence-electron chi connectivity index (χ4n) is 3.67. The van der Waals surface area contributed by atoms with E-state index < -0.39 is 6.04 Å². The maximum Gasteiger partial charge on any atom is 0.262 e. The Bertz CT molecular complexity index is 1180. The van der Waals surface area contributed by atoms with Crippen LogP contribution in [-0.2, 0) is 4.79 Å². The van der Waals surface area contributed by atoms with E-state index in [1.807, 2.05) is 55.5 Å². The highest BCUT2D eigenvalue weighted by Crippen LogP contribution is 2.27. The van der Waals surface area contributed by atoms with E-state index in [1.165, 1.54) is 0 Å². The molecule has 0 fully saturated rings. The molecule has 4 aromatic carbocycles. The Labute approximate surface area is 181 Å². The number of benzene rings is 4. The lowest BCUT2D eigenvalue weighted by atomic mass is 9.97. The second-order valence-corrected chi connectivity index (χ2v) is 7.30. The molecular formula is C26H25N3O2. The molecule has 0 saturated heterocycles. The molecule has 0 aliphatic heterocycles. The van der Waals surface area contributed by atoms with E-state index in [1.54, 1.807) is 13.3 Å². The van der Waals surface area contributed by atoms with Gasteiger partial charge in [0.15, 0.2) is 0 Å². The van der Waals surface area contributed by atoms with Crippen LogP contribution in [-0.4, -0.2) is 25.3 Å². The van der Waals surface area contributed by atoms with Crippen molar-refractivity contribution in [3.63, 3.8) is 0 Å². The summed E-state index contributed by atoms with van der Waals surface area (Å²) in [5.41, 5.74) is 4.54. The zero-order chi connectivity index (χ0) is 21.6. The number of anilines is 1. The number of rotatable bonds is 7. The van der Waals surface area contributed by atoms with Gasteiger partial charge in [-0.25, -0.2) is 5.43 Å². The molecular weight excluding hydrogens is 386 g/mol. The topological polar surface area (TPSA) is 62.7 Å². The van der Waals surface area contributed by atoms with Gasteiger partial charge in [-0.2, -0.15) is 5.10 Å². The van der Waals surface area contributed by atoms with Crippen molar-refractivity contribution in [2.24, 2.45) is 5.10 Å². The molecule has 0 saturated carbocycles. The van der Waals surface area contributed by atoms with Crippen LogP contribution in [0.2, 0.25) is 0 Å². The number of carbonyl (C=O) groups excluding carboxylic acids is 1. The summed E-state index contributed by atoms with van der Waals surface area (Å²) in [7, 11) is 1.63. The third-order valence-electron chi connectivity index (χ3n) is 5.34. The average Bonchev–Trinajstić information content (AvgIpc) is 2.82. The van der Waals surface area contributed by atoms with Crippen LogP contribution in [0.1, 0.15) is 18.9 Å². The molecule has 0 aromatic heterocycles. The number of fused-ring (bicyclic) bond motifs is 2. The lowest BCUT2D eigenvalue weighted by Crippen LogP contribution is -2.36. The summed E-state index contributed by atoms with van der Waals surface area (Å²) >= 11 is 0. The maximum atomic E-state index is 12.7. The Morgan fingerprint density at radius 3 is 2.16 bits per heavy atom. The summed E-state index contributed by atoms with van der Waals surface area (Å²) in [6.07, 6.45) is 2.37. The van der Waals surface area contributed by atoms with Gasteiger partial charge in [-0.1, -0.05) is 55.5 Å². The van der Waals surface area contributed by atoms with E-state index >= 15 is 0 Å². The normalized spacial score (nSPS) is 12.2. The molecule has 1 atom stereocenters. The first-order chi connectivity index (χ1) is 15.2. The van der Waals surface area contributed by atoms with Crippen molar-refractivity contribution in [1.29, 1.82) is 0 Å². The number of methoxy groups -OCH3 is 1. The molecule has 0 bridgehead atoms. The Kier molecular flexibility index (Phi) is 6.13. The summed E-state index contributed by atoms with van der Waals surface area (Å²) in [6, 6.07) is 25.7. The van der Waals surface area contributed by atoms with Crippen LogP contribution in [0.25, 0.3) is 21.5 Å². The van der Waals surface area contributed by atoms with E-state index in [2.05, 4.69) is 46.2 Å². The molecule has 2 N–H and O–H groups in total. The fourth-order valence-corrected chi connectivity index (χ4v) is 3.67. The van der Waals surface area contributed by atoms with Crippen molar-refractivity contribution >= 4 is 39.4 Å². The molecule has 0 heterocycles. The number of nitrogens with one attached hydrogen (secondary N) is 2. The SMILES string of the molecule is CC[C@H](Nc1ccc(OC)cc1)C(=O)NN=Cc1c2ccccc2cc2ccccc12. The highest BCUT2D eigenvalue weighted by molar-refractivity contribution is 6.13. The predicted molar refractivity (Wildman–Crippen MR) is 128 cm³/mol. The molecule has 0 spiro atoms. The number of ether oxygens (including phenoxy) is 1. The molecule has 4 rings (SSSR count). The van der Waals surface area contributed by atoms with Crippen molar-refractivity contribution in [2.45, 2.75) is 19.4 Å². The number of hydrogen-bond acceptors (Lipinski definition) is 4. The van der Waals surface area contributed by atoms with Crippen molar-refractivity contribution in [3.8, 4) is 5.75 Å². The minimum atomic E-state index is -0.394. The Morgan fingerprint density at radius 2 is 1.58 bits per heavy atom. The number of nitrogens with zero attached hydrogens (tertiary/aromatic N) is 1. The number of hydrogen-bond donors (Lipinski definition) is 2. The summed E-state index contributed by atoms with van der Waals surface area (Å²) in [4.78, 5) is 12.7. The quantitative estimate of drug-likeness (QED) is 0.245. The largest absolute Gasteiger partial charge is 0.497 e. The number of hydrazone groups is 1. The van der Waals surface area contributed by atoms with Crippen molar-refractivity contribution < 1.29 is 9.53 Å². The summed E-state index contributed by atoms with van der Waals surface area (Å²) in [5.74, 6) is 0.592. The highest BCUT2D eigenvalue weighted by atomic mass is 16.5. The Balaban J connectivity index is 1.54. The molecule has 5 heteroatoms. The van der Waals surface area contributed by atoms with Crippen molar-refractivity contribution in [2.75, 3.05) is 12.4 Å². The smallest absolute Gasteiger partial charge is 0.262 e. The molecule has 0 unspecified atom stereocenters. The number of amides is 1. The van der Waals surface area contributed by atoms with Crippen LogP contribution in [0.4, 0.5) is 5.69 Å². The molecule has 0 aliphatic carbocycles. The first kappa shape index (κ1) is 20.4.